The van der Waals surface area contributed by atoms with Gasteiger partial charge in [-0.1, -0.05) is 38.1 Å². The molecule has 5 rings (SSSR count). The maximum absolute atomic E-state index is 11.4. The molecule has 7 heteroatoms. The van der Waals surface area contributed by atoms with Crippen LogP contribution in [0.1, 0.15) is 76.6 Å². The fourth-order valence-electron chi connectivity index (χ4n) is 5.99. The van der Waals surface area contributed by atoms with Crippen molar-refractivity contribution in [3.8, 4) is 0 Å². The maximum Gasteiger partial charge on any atom is 0.148 e. The summed E-state index contributed by atoms with van der Waals surface area (Å²) < 4.78 is 10.0. The number of fused-ring (bicyclic) bond motifs is 1. The standard InChI is InChI=1S/C24H32N4O2S.C2H6.C2H4/c1-5-7-18-17(6-2)21(28-14-25-13-20(18)28)19-12-24(23(19)29)8-10-27(11-9-24)31-22-15(3)26-30-16(22)4;2*1-2/h5,7,13-14,19,21,23,29H,6,8-12H2,1-4H3;1-2H3;1-2H2/b7-5-;;. The van der Waals surface area contributed by atoms with Crippen molar-refractivity contribution < 1.29 is 9.63 Å². The highest BCUT2D eigenvalue weighted by molar-refractivity contribution is 7.97. The van der Waals surface area contributed by atoms with E-state index in [0.29, 0.717) is 0 Å². The van der Waals surface area contributed by atoms with Crippen molar-refractivity contribution in [1.29, 1.82) is 0 Å². The number of aliphatic hydroxyl groups is 1. The highest BCUT2D eigenvalue weighted by atomic mass is 32.2. The SMILES string of the molecule is C/C=C\C1=C(CC)C(C2CC3(CCN(Sc4c(C)noc4C)CC3)C2O)n2cncc21.C=C.CC. The first-order chi connectivity index (χ1) is 17.0. The molecule has 3 aliphatic rings. The molecule has 1 aliphatic carbocycles. The van der Waals surface area contributed by atoms with E-state index in [1.54, 1.807) is 11.9 Å². The molecule has 0 amide bonds. The first-order valence-electron chi connectivity index (χ1n) is 12.9. The number of piperidine rings is 1. The Morgan fingerprint density at radius 3 is 2.49 bits per heavy atom. The summed E-state index contributed by atoms with van der Waals surface area (Å²) >= 11 is 1.76. The summed E-state index contributed by atoms with van der Waals surface area (Å²) in [6.45, 7) is 20.2. The van der Waals surface area contributed by atoms with Crippen molar-refractivity contribution in [2.45, 2.75) is 84.3 Å². The molecule has 35 heavy (non-hydrogen) atoms. The van der Waals surface area contributed by atoms with Crippen molar-refractivity contribution in [3.05, 3.63) is 60.6 Å². The Labute approximate surface area is 215 Å². The van der Waals surface area contributed by atoms with Crippen LogP contribution < -0.4 is 0 Å². The van der Waals surface area contributed by atoms with Crippen LogP contribution in [0.15, 0.2) is 52.8 Å². The highest BCUT2D eigenvalue weighted by Gasteiger charge is 2.58. The maximum atomic E-state index is 11.4. The van der Waals surface area contributed by atoms with Gasteiger partial charge in [-0.3, -0.25) is 0 Å². The Morgan fingerprint density at radius 2 is 1.94 bits per heavy atom. The summed E-state index contributed by atoms with van der Waals surface area (Å²) in [4.78, 5) is 5.55. The predicted octanol–water partition coefficient (Wildman–Crippen LogP) is 6.78. The minimum absolute atomic E-state index is 0.0589. The molecular weight excluding hydrogens is 456 g/mol. The molecule has 192 valence electrons. The lowest BCUT2D eigenvalue weighted by Crippen LogP contribution is -2.58. The van der Waals surface area contributed by atoms with Crippen LogP contribution in [0, 0.1) is 25.2 Å². The van der Waals surface area contributed by atoms with Crippen molar-refractivity contribution in [3.63, 3.8) is 0 Å². The second-order valence-electron chi connectivity index (χ2n) is 9.27. The molecule has 0 bridgehead atoms. The van der Waals surface area contributed by atoms with Crippen LogP contribution in [0.3, 0.4) is 0 Å². The number of aliphatic hydroxyl groups excluding tert-OH is 1. The second kappa shape index (κ2) is 11.8. The molecule has 3 unspecified atom stereocenters. The Kier molecular flexibility index (Phi) is 9.24. The predicted molar refractivity (Wildman–Crippen MR) is 145 cm³/mol. The van der Waals surface area contributed by atoms with Gasteiger partial charge in [-0.05, 0) is 69.4 Å². The van der Waals surface area contributed by atoms with Gasteiger partial charge < -0.3 is 14.2 Å². The van der Waals surface area contributed by atoms with Gasteiger partial charge in [-0.2, -0.15) is 0 Å². The number of rotatable bonds is 5. The number of aromatic nitrogens is 3. The lowest BCUT2D eigenvalue weighted by Gasteiger charge is -2.58. The molecule has 1 spiro atoms. The number of aryl methyl sites for hydroxylation is 2. The Bertz CT molecular complexity index is 1030. The number of hydrogen-bond acceptors (Lipinski definition) is 6. The third kappa shape index (κ3) is 4.83. The largest absolute Gasteiger partial charge is 0.392 e. The van der Waals surface area contributed by atoms with Crippen LogP contribution in [0.5, 0.6) is 0 Å². The van der Waals surface area contributed by atoms with Crippen molar-refractivity contribution in [1.82, 2.24) is 19.0 Å². The van der Waals surface area contributed by atoms with Crippen molar-refractivity contribution >= 4 is 17.5 Å². The molecule has 2 aromatic heterocycles. The topological polar surface area (TPSA) is 67.3 Å². The molecule has 4 heterocycles. The van der Waals surface area contributed by atoms with Crippen LogP contribution in [-0.2, 0) is 0 Å². The molecule has 0 radical (unpaired) electrons. The van der Waals surface area contributed by atoms with E-state index in [1.165, 1.54) is 16.8 Å². The Balaban J connectivity index is 0.000000815. The minimum atomic E-state index is -0.259. The van der Waals surface area contributed by atoms with Gasteiger partial charge in [0.25, 0.3) is 0 Å². The lowest BCUT2D eigenvalue weighted by molar-refractivity contribution is -0.152. The van der Waals surface area contributed by atoms with E-state index in [2.05, 4.69) is 58.2 Å². The van der Waals surface area contributed by atoms with E-state index in [9.17, 15) is 5.11 Å². The zero-order valence-corrected chi connectivity index (χ0v) is 23.1. The van der Waals surface area contributed by atoms with Crippen LogP contribution >= 0.6 is 11.9 Å². The smallest absolute Gasteiger partial charge is 0.148 e. The van der Waals surface area contributed by atoms with Crippen molar-refractivity contribution in [2.75, 3.05) is 13.1 Å². The number of hydrogen-bond donors (Lipinski definition) is 1. The molecule has 2 aromatic rings. The van der Waals surface area contributed by atoms with E-state index in [1.807, 2.05) is 40.2 Å². The molecular formula is C28H42N4O2S. The minimum Gasteiger partial charge on any atom is -0.392 e. The number of imidazole rings is 1. The van der Waals surface area contributed by atoms with E-state index in [-0.39, 0.29) is 23.5 Å². The van der Waals surface area contributed by atoms with Crippen LogP contribution in [0.2, 0.25) is 0 Å². The summed E-state index contributed by atoms with van der Waals surface area (Å²) in [5.41, 5.74) is 4.95. The average molecular weight is 499 g/mol. The highest BCUT2D eigenvalue weighted by Crippen LogP contribution is 2.60. The molecule has 0 aromatic carbocycles. The van der Waals surface area contributed by atoms with Gasteiger partial charge in [0.05, 0.1) is 41.0 Å². The molecule has 3 atom stereocenters. The first kappa shape index (κ1) is 27.5. The van der Waals surface area contributed by atoms with Crippen LogP contribution in [0.25, 0.3) is 5.57 Å². The van der Waals surface area contributed by atoms with Crippen LogP contribution in [0.4, 0.5) is 0 Å². The number of allylic oxidation sites excluding steroid dienone is 4. The van der Waals surface area contributed by atoms with Gasteiger partial charge in [-0.15, -0.1) is 13.2 Å². The van der Waals surface area contributed by atoms with E-state index in [0.717, 1.165) is 55.1 Å². The summed E-state index contributed by atoms with van der Waals surface area (Å²) in [6, 6.07) is 0.240. The molecule has 2 aliphatic heterocycles. The second-order valence-corrected chi connectivity index (χ2v) is 10.4. The quantitative estimate of drug-likeness (QED) is 0.362. The van der Waals surface area contributed by atoms with E-state index >= 15 is 0 Å². The van der Waals surface area contributed by atoms with Gasteiger partial charge in [0, 0.05) is 24.6 Å². The van der Waals surface area contributed by atoms with Gasteiger partial charge in [-0.25, -0.2) is 9.29 Å². The number of nitrogens with zero attached hydrogens (tertiary/aromatic N) is 4. The molecule has 1 N–H and O–H groups in total. The summed E-state index contributed by atoms with van der Waals surface area (Å²) in [6.07, 6.45) is 12.1. The third-order valence-corrected chi connectivity index (χ3v) is 9.03. The normalized spacial score (nSPS) is 25.1. The van der Waals surface area contributed by atoms with Crippen molar-refractivity contribution in [2.24, 2.45) is 11.3 Å². The first-order valence-corrected chi connectivity index (χ1v) is 13.7. The summed E-state index contributed by atoms with van der Waals surface area (Å²) in [7, 11) is 0. The Morgan fingerprint density at radius 1 is 1.26 bits per heavy atom. The monoisotopic (exact) mass is 498 g/mol. The lowest BCUT2D eigenvalue weighted by atomic mass is 9.53. The third-order valence-electron chi connectivity index (χ3n) is 7.65. The van der Waals surface area contributed by atoms with Gasteiger partial charge in [0.2, 0.25) is 0 Å². The zero-order chi connectivity index (χ0) is 25.8. The fourth-order valence-corrected chi connectivity index (χ4v) is 6.95. The van der Waals surface area contributed by atoms with Gasteiger partial charge in [0.15, 0.2) is 0 Å². The zero-order valence-electron chi connectivity index (χ0n) is 22.3. The molecule has 1 saturated heterocycles. The van der Waals surface area contributed by atoms with Crippen LogP contribution in [-0.4, -0.2) is 43.3 Å². The average Bonchev–Trinajstić information content (AvgIpc) is 3.57. The summed E-state index contributed by atoms with van der Waals surface area (Å²) in [5.74, 6) is 1.16. The van der Waals surface area contributed by atoms with E-state index in [4.69, 9.17) is 4.52 Å². The van der Waals surface area contributed by atoms with Gasteiger partial charge in [0.1, 0.15) is 5.76 Å². The van der Waals surface area contributed by atoms with E-state index < -0.39 is 0 Å². The van der Waals surface area contributed by atoms with Gasteiger partial charge >= 0.3 is 0 Å². The Hall–Kier alpha value is -2.09. The fraction of sp³-hybridized carbons (Fsp3) is 0.571. The molecule has 1 saturated carbocycles. The summed E-state index contributed by atoms with van der Waals surface area (Å²) in [5, 5.41) is 15.5. The molecule has 6 nitrogen and oxygen atoms in total. The molecule has 2 fully saturated rings.